The molecule has 0 amide bonds. The number of hydrogen-bond acceptors (Lipinski definition) is 4. The molecular formula is C12H22N2O3. The quantitative estimate of drug-likeness (QED) is 0.749. The molecule has 2 saturated heterocycles. The van der Waals surface area contributed by atoms with E-state index >= 15 is 0 Å². The highest BCUT2D eigenvalue weighted by atomic mass is 16.5. The maximum Gasteiger partial charge on any atom is 0.304 e. The van der Waals surface area contributed by atoms with Gasteiger partial charge in [-0.2, -0.15) is 0 Å². The molecule has 0 aromatic heterocycles. The lowest BCUT2D eigenvalue weighted by Gasteiger charge is -2.35. The van der Waals surface area contributed by atoms with Crippen LogP contribution in [0.2, 0.25) is 0 Å². The van der Waals surface area contributed by atoms with Gasteiger partial charge in [0.25, 0.3) is 0 Å². The Kier molecular flexibility index (Phi) is 4.76. The van der Waals surface area contributed by atoms with Crippen molar-refractivity contribution in [2.45, 2.75) is 25.4 Å². The van der Waals surface area contributed by atoms with Gasteiger partial charge < -0.3 is 14.7 Å². The summed E-state index contributed by atoms with van der Waals surface area (Å²) in [5.74, 6) is -0.702. The predicted octanol–water partition coefficient (Wildman–Crippen LogP) is 0.258. The van der Waals surface area contributed by atoms with Gasteiger partial charge in [0.1, 0.15) is 0 Å². The Morgan fingerprint density at radius 1 is 1.24 bits per heavy atom. The SMILES string of the molecule is O=C(O)CCN1CCN(C[C@@H]2CCCO2)CC1. The highest BCUT2D eigenvalue weighted by Gasteiger charge is 2.22. The fourth-order valence-electron chi connectivity index (χ4n) is 2.53. The van der Waals surface area contributed by atoms with Crippen LogP contribution in [-0.2, 0) is 9.53 Å². The number of carboxylic acid groups (broad SMARTS) is 1. The van der Waals surface area contributed by atoms with Crippen LogP contribution in [0.5, 0.6) is 0 Å². The van der Waals surface area contributed by atoms with Gasteiger partial charge in [0.05, 0.1) is 12.5 Å². The molecule has 0 aromatic rings. The van der Waals surface area contributed by atoms with E-state index in [0.29, 0.717) is 12.6 Å². The third kappa shape index (κ3) is 4.26. The first-order valence-electron chi connectivity index (χ1n) is 6.52. The Morgan fingerprint density at radius 2 is 1.94 bits per heavy atom. The largest absolute Gasteiger partial charge is 0.481 e. The van der Waals surface area contributed by atoms with E-state index in [1.807, 2.05) is 0 Å². The standard InChI is InChI=1S/C12H22N2O3/c15-12(16)3-4-13-5-7-14(8-6-13)10-11-2-1-9-17-11/h11H,1-10H2,(H,15,16)/t11-/m0/s1. The smallest absolute Gasteiger partial charge is 0.304 e. The van der Waals surface area contributed by atoms with Gasteiger partial charge in [0.2, 0.25) is 0 Å². The predicted molar refractivity (Wildman–Crippen MR) is 64.1 cm³/mol. The molecule has 0 saturated carbocycles. The Bertz CT molecular complexity index is 246. The summed E-state index contributed by atoms with van der Waals surface area (Å²) in [6, 6.07) is 0. The number of rotatable bonds is 5. The molecule has 0 spiro atoms. The zero-order valence-electron chi connectivity index (χ0n) is 10.3. The van der Waals surface area contributed by atoms with Gasteiger partial charge in [-0.15, -0.1) is 0 Å². The summed E-state index contributed by atoms with van der Waals surface area (Å²) < 4.78 is 5.63. The topological polar surface area (TPSA) is 53.0 Å². The Hall–Kier alpha value is -0.650. The van der Waals surface area contributed by atoms with Crippen LogP contribution in [0.3, 0.4) is 0 Å². The van der Waals surface area contributed by atoms with E-state index in [0.717, 1.165) is 39.3 Å². The molecule has 2 rings (SSSR count). The number of hydrogen-bond donors (Lipinski definition) is 1. The van der Waals surface area contributed by atoms with Crippen molar-refractivity contribution in [2.24, 2.45) is 0 Å². The van der Waals surface area contributed by atoms with Crippen LogP contribution in [0, 0.1) is 0 Å². The second-order valence-corrected chi connectivity index (χ2v) is 4.92. The summed E-state index contributed by atoms with van der Waals surface area (Å²) in [5.41, 5.74) is 0. The molecule has 0 radical (unpaired) electrons. The third-order valence-electron chi connectivity index (χ3n) is 3.59. The van der Waals surface area contributed by atoms with E-state index in [1.165, 1.54) is 12.8 Å². The van der Waals surface area contributed by atoms with Crippen LogP contribution >= 0.6 is 0 Å². The van der Waals surface area contributed by atoms with Crippen molar-refractivity contribution in [1.82, 2.24) is 9.80 Å². The zero-order chi connectivity index (χ0) is 12.1. The summed E-state index contributed by atoms with van der Waals surface area (Å²) in [7, 11) is 0. The molecule has 2 aliphatic rings. The maximum atomic E-state index is 10.5. The van der Waals surface area contributed by atoms with Crippen molar-refractivity contribution in [3.05, 3.63) is 0 Å². The second-order valence-electron chi connectivity index (χ2n) is 4.92. The molecule has 1 atom stereocenters. The summed E-state index contributed by atoms with van der Waals surface area (Å²) in [5, 5.41) is 8.63. The fraction of sp³-hybridized carbons (Fsp3) is 0.917. The van der Waals surface area contributed by atoms with Crippen molar-refractivity contribution in [2.75, 3.05) is 45.9 Å². The van der Waals surface area contributed by atoms with Gasteiger partial charge in [-0.05, 0) is 12.8 Å². The van der Waals surface area contributed by atoms with Gasteiger partial charge >= 0.3 is 5.97 Å². The van der Waals surface area contributed by atoms with E-state index < -0.39 is 5.97 Å². The van der Waals surface area contributed by atoms with Crippen LogP contribution < -0.4 is 0 Å². The van der Waals surface area contributed by atoms with Crippen LogP contribution in [0.1, 0.15) is 19.3 Å². The molecular weight excluding hydrogens is 220 g/mol. The van der Waals surface area contributed by atoms with E-state index in [-0.39, 0.29) is 6.42 Å². The van der Waals surface area contributed by atoms with Crippen molar-refractivity contribution in [3.8, 4) is 0 Å². The fourth-order valence-corrected chi connectivity index (χ4v) is 2.53. The number of carbonyl (C=O) groups is 1. The lowest BCUT2D eigenvalue weighted by atomic mass is 10.2. The Morgan fingerprint density at radius 3 is 2.53 bits per heavy atom. The van der Waals surface area contributed by atoms with Gasteiger partial charge in [-0.3, -0.25) is 9.69 Å². The number of piperazine rings is 1. The van der Waals surface area contributed by atoms with Crippen LogP contribution in [0.25, 0.3) is 0 Å². The van der Waals surface area contributed by atoms with Crippen LogP contribution in [-0.4, -0.2) is 72.9 Å². The normalized spacial score (nSPS) is 27.4. The number of ether oxygens (including phenoxy) is 1. The molecule has 5 nitrogen and oxygen atoms in total. The zero-order valence-corrected chi connectivity index (χ0v) is 10.3. The maximum absolute atomic E-state index is 10.5. The van der Waals surface area contributed by atoms with Gasteiger partial charge in [-0.1, -0.05) is 0 Å². The molecule has 5 heteroatoms. The molecule has 0 bridgehead atoms. The minimum Gasteiger partial charge on any atom is -0.481 e. The van der Waals surface area contributed by atoms with E-state index in [2.05, 4.69) is 9.80 Å². The van der Waals surface area contributed by atoms with Gasteiger partial charge in [0.15, 0.2) is 0 Å². The highest BCUT2D eigenvalue weighted by molar-refractivity contribution is 5.66. The van der Waals surface area contributed by atoms with E-state index in [1.54, 1.807) is 0 Å². The van der Waals surface area contributed by atoms with Gasteiger partial charge in [0, 0.05) is 45.9 Å². The lowest BCUT2D eigenvalue weighted by Crippen LogP contribution is -2.48. The first-order valence-corrected chi connectivity index (χ1v) is 6.52. The van der Waals surface area contributed by atoms with Crippen molar-refractivity contribution >= 4 is 5.97 Å². The summed E-state index contributed by atoms with van der Waals surface area (Å²) >= 11 is 0. The molecule has 0 aliphatic carbocycles. The summed E-state index contributed by atoms with van der Waals surface area (Å²) in [6.45, 7) is 6.71. The number of carboxylic acids is 1. The molecule has 1 N–H and O–H groups in total. The third-order valence-corrected chi connectivity index (χ3v) is 3.59. The monoisotopic (exact) mass is 242 g/mol. The number of aliphatic carboxylic acids is 1. The molecule has 0 unspecified atom stereocenters. The van der Waals surface area contributed by atoms with Crippen LogP contribution in [0.4, 0.5) is 0 Å². The van der Waals surface area contributed by atoms with Crippen molar-refractivity contribution in [3.63, 3.8) is 0 Å². The van der Waals surface area contributed by atoms with Crippen molar-refractivity contribution < 1.29 is 14.6 Å². The van der Waals surface area contributed by atoms with E-state index in [4.69, 9.17) is 9.84 Å². The first-order chi connectivity index (χ1) is 8.24. The first kappa shape index (κ1) is 12.8. The average molecular weight is 242 g/mol. The minimum absolute atomic E-state index is 0.256. The second kappa shape index (κ2) is 6.33. The Balaban J connectivity index is 1.61. The molecule has 2 fully saturated rings. The average Bonchev–Trinajstić information content (AvgIpc) is 2.81. The Labute approximate surface area is 102 Å². The lowest BCUT2D eigenvalue weighted by molar-refractivity contribution is -0.137. The van der Waals surface area contributed by atoms with Crippen molar-refractivity contribution in [1.29, 1.82) is 0 Å². The highest BCUT2D eigenvalue weighted by Crippen LogP contribution is 2.14. The summed E-state index contributed by atoms with van der Waals surface area (Å²) in [4.78, 5) is 15.2. The minimum atomic E-state index is -0.702. The molecule has 2 aliphatic heterocycles. The van der Waals surface area contributed by atoms with Gasteiger partial charge in [-0.25, -0.2) is 0 Å². The molecule has 0 aromatic carbocycles. The molecule has 98 valence electrons. The molecule has 17 heavy (non-hydrogen) atoms. The summed E-state index contributed by atoms with van der Waals surface area (Å²) in [6.07, 6.45) is 3.08. The van der Waals surface area contributed by atoms with Crippen LogP contribution in [0.15, 0.2) is 0 Å². The molecule has 2 heterocycles. The number of nitrogens with zero attached hydrogens (tertiary/aromatic N) is 2. The van der Waals surface area contributed by atoms with E-state index in [9.17, 15) is 4.79 Å².